The lowest BCUT2D eigenvalue weighted by Gasteiger charge is -2.35. The third kappa shape index (κ3) is 3.36. The minimum Gasteiger partial charge on any atom is -0.508 e. The molecule has 0 fully saturated rings. The van der Waals surface area contributed by atoms with Gasteiger partial charge in [0.25, 0.3) is 5.91 Å². The largest absolute Gasteiger partial charge is 0.508 e. The smallest absolute Gasteiger partial charge is 0.262 e. The van der Waals surface area contributed by atoms with Gasteiger partial charge in [-0.2, -0.15) is 0 Å². The molecular weight excluding hydrogens is 390 g/mol. The fraction of sp³-hybridized carbons (Fsp3) is 0.160. The van der Waals surface area contributed by atoms with E-state index < -0.39 is 0 Å². The van der Waals surface area contributed by atoms with Crippen molar-refractivity contribution in [2.75, 3.05) is 4.90 Å². The highest BCUT2D eigenvalue weighted by atomic mass is 16.3. The first-order chi connectivity index (χ1) is 15.0. The first kappa shape index (κ1) is 19.1. The highest BCUT2D eigenvalue weighted by Crippen LogP contribution is 2.36. The van der Waals surface area contributed by atoms with Crippen molar-refractivity contribution in [2.45, 2.75) is 25.8 Å². The van der Waals surface area contributed by atoms with Crippen molar-refractivity contribution in [2.24, 2.45) is 0 Å². The Bertz CT molecular complexity index is 1320. The van der Waals surface area contributed by atoms with Gasteiger partial charge in [-0.25, -0.2) is 4.98 Å². The number of fused-ring (bicyclic) bond motifs is 2. The van der Waals surface area contributed by atoms with Crippen LogP contribution in [0.4, 0.5) is 5.69 Å². The van der Waals surface area contributed by atoms with Crippen LogP contribution in [0.2, 0.25) is 0 Å². The average molecular weight is 411 g/mol. The number of benzene rings is 3. The van der Waals surface area contributed by atoms with Crippen molar-refractivity contribution >= 4 is 22.6 Å². The average Bonchev–Trinajstić information content (AvgIpc) is 2.78. The van der Waals surface area contributed by atoms with Crippen LogP contribution in [0.1, 0.15) is 29.3 Å². The van der Waals surface area contributed by atoms with E-state index in [1.165, 1.54) is 18.2 Å². The van der Waals surface area contributed by atoms with Crippen molar-refractivity contribution in [3.8, 4) is 22.8 Å². The molecule has 31 heavy (non-hydrogen) atoms. The summed E-state index contributed by atoms with van der Waals surface area (Å²) in [4.78, 5) is 24.2. The molecule has 0 spiro atoms. The maximum atomic E-state index is 13.3. The van der Waals surface area contributed by atoms with Gasteiger partial charge in [-0.05, 0) is 61.7 Å². The van der Waals surface area contributed by atoms with E-state index in [2.05, 4.69) is 11.1 Å². The number of carbonyl (C=O) groups is 1. The zero-order valence-corrected chi connectivity index (χ0v) is 17.0. The van der Waals surface area contributed by atoms with Crippen LogP contribution in [0.15, 0.2) is 66.9 Å². The van der Waals surface area contributed by atoms with Gasteiger partial charge >= 0.3 is 0 Å². The molecule has 1 aliphatic heterocycles. The molecule has 0 saturated carbocycles. The summed E-state index contributed by atoms with van der Waals surface area (Å²) in [5.74, 6) is -0.598. The number of aromatic nitrogens is 2. The topological polar surface area (TPSA) is 86.6 Å². The van der Waals surface area contributed by atoms with Gasteiger partial charge in [0, 0.05) is 23.4 Å². The minimum atomic E-state index is -0.288. The molecule has 0 bridgehead atoms. The summed E-state index contributed by atoms with van der Waals surface area (Å²) in [6.45, 7) is 2.00. The Morgan fingerprint density at radius 1 is 1.03 bits per heavy atom. The Morgan fingerprint density at radius 3 is 2.65 bits per heavy atom. The molecule has 6 heteroatoms. The molecule has 1 aromatic heterocycles. The number of phenols is 2. The summed E-state index contributed by atoms with van der Waals surface area (Å²) in [5.41, 5.74) is 5.47. The number of aryl methyl sites for hydroxylation is 1. The van der Waals surface area contributed by atoms with Crippen LogP contribution in [0.3, 0.4) is 0 Å². The third-order valence-electron chi connectivity index (χ3n) is 5.79. The fourth-order valence-electron chi connectivity index (χ4n) is 4.15. The number of amides is 1. The summed E-state index contributed by atoms with van der Waals surface area (Å²) in [6.07, 6.45) is 3.42. The third-order valence-corrected chi connectivity index (χ3v) is 5.79. The lowest BCUT2D eigenvalue weighted by molar-refractivity contribution is 0.0972. The lowest BCUT2D eigenvalue weighted by Crippen LogP contribution is -2.42. The zero-order chi connectivity index (χ0) is 21.5. The van der Waals surface area contributed by atoms with E-state index in [-0.39, 0.29) is 29.0 Å². The number of nitrogens with zero attached hydrogens (tertiary/aromatic N) is 3. The van der Waals surface area contributed by atoms with E-state index in [0.717, 1.165) is 46.4 Å². The second-order valence-corrected chi connectivity index (χ2v) is 7.85. The van der Waals surface area contributed by atoms with Crippen LogP contribution in [0.25, 0.3) is 22.3 Å². The summed E-state index contributed by atoms with van der Waals surface area (Å²) in [6, 6.07) is 17.7. The van der Waals surface area contributed by atoms with Gasteiger partial charge in [-0.1, -0.05) is 18.2 Å². The predicted molar refractivity (Wildman–Crippen MR) is 119 cm³/mol. The molecular formula is C25H21N3O3. The van der Waals surface area contributed by atoms with Gasteiger partial charge in [0.1, 0.15) is 11.5 Å². The number of rotatable bonds is 2. The van der Waals surface area contributed by atoms with E-state index in [1.54, 1.807) is 11.1 Å². The maximum Gasteiger partial charge on any atom is 0.262 e. The Hall–Kier alpha value is -3.93. The number of aromatic hydroxyl groups is 2. The van der Waals surface area contributed by atoms with Crippen LogP contribution >= 0.6 is 0 Å². The maximum absolute atomic E-state index is 13.3. The number of anilines is 1. The monoisotopic (exact) mass is 411 g/mol. The lowest BCUT2D eigenvalue weighted by atomic mass is 9.93. The molecule has 3 aromatic carbocycles. The van der Waals surface area contributed by atoms with E-state index in [1.807, 2.05) is 43.3 Å². The summed E-state index contributed by atoms with van der Waals surface area (Å²) in [5, 5.41) is 19.7. The fourth-order valence-corrected chi connectivity index (χ4v) is 4.15. The summed E-state index contributed by atoms with van der Waals surface area (Å²) < 4.78 is 0. The van der Waals surface area contributed by atoms with Crippen molar-refractivity contribution < 1.29 is 15.0 Å². The number of para-hydroxylation sites is 2. The number of hydrogen-bond acceptors (Lipinski definition) is 5. The molecule has 154 valence electrons. The molecule has 4 aromatic rings. The van der Waals surface area contributed by atoms with Crippen LogP contribution in [0, 0.1) is 0 Å². The van der Waals surface area contributed by atoms with Crippen molar-refractivity contribution in [1.82, 2.24) is 9.97 Å². The van der Waals surface area contributed by atoms with Gasteiger partial charge in [0.05, 0.1) is 28.5 Å². The number of hydrogen-bond donors (Lipinski definition) is 2. The highest BCUT2D eigenvalue weighted by Gasteiger charge is 2.30. The van der Waals surface area contributed by atoms with Gasteiger partial charge in [0.15, 0.2) is 0 Å². The SMILES string of the molecule is C[C@H]1CCc2cc(-c3cnc4ccccc4n3)ccc2N1C(=O)c1ccc(O)cc1O. The van der Waals surface area contributed by atoms with Crippen molar-refractivity contribution in [1.29, 1.82) is 0 Å². The summed E-state index contributed by atoms with van der Waals surface area (Å²) in [7, 11) is 0. The molecule has 5 rings (SSSR count). The quantitative estimate of drug-likeness (QED) is 0.500. The number of phenolic OH excluding ortho intramolecular Hbond substituents is 2. The van der Waals surface area contributed by atoms with Gasteiger partial charge in [-0.15, -0.1) is 0 Å². The van der Waals surface area contributed by atoms with Gasteiger partial charge < -0.3 is 15.1 Å². The van der Waals surface area contributed by atoms with E-state index >= 15 is 0 Å². The van der Waals surface area contributed by atoms with Crippen molar-refractivity contribution in [3.63, 3.8) is 0 Å². The zero-order valence-electron chi connectivity index (χ0n) is 17.0. The molecule has 1 aliphatic rings. The first-order valence-electron chi connectivity index (χ1n) is 10.2. The molecule has 2 heterocycles. The Labute approximate surface area is 179 Å². The van der Waals surface area contributed by atoms with Crippen LogP contribution in [0.5, 0.6) is 11.5 Å². The Balaban J connectivity index is 1.54. The van der Waals surface area contributed by atoms with E-state index in [4.69, 9.17) is 4.98 Å². The van der Waals surface area contributed by atoms with Crippen molar-refractivity contribution in [3.05, 3.63) is 78.0 Å². The van der Waals surface area contributed by atoms with E-state index in [9.17, 15) is 15.0 Å². The van der Waals surface area contributed by atoms with E-state index in [0.29, 0.717) is 0 Å². The molecule has 0 unspecified atom stereocenters. The van der Waals surface area contributed by atoms with Crippen LogP contribution < -0.4 is 4.90 Å². The normalized spacial score (nSPS) is 15.6. The number of carbonyl (C=O) groups excluding carboxylic acids is 1. The minimum absolute atomic E-state index is 0.0143. The first-order valence-corrected chi connectivity index (χ1v) is 10.2. The Kier molecular flexibility index (Phi) is 4.55. The molecule has 0 aliphatic carbocycles. The van der Waals surface area contributed by atoms with Gasteiger partial charge in [0.2, 0.25) is 0 Å². The summed E-state index contributed by atoms with van der Waals surface area (Å²) >= 11 is 0. The Morgan fingerprint density at radius 2 is 1.84 bits per heavy atom. The molecule has 0 saturated heterocycles. The standard InChI is InChI=1S/C25H21N3O3/c1-15-6-7-17-12-16(22-14-26-20-4-2-3-5-21(20)27-22)8-11-23(17)28(15)25(31)19-10-9-18(29)13-24(19)30/h2-5,8-15,29-30H,6-7H2,1H3/t15-/m0/s1. The molecule has 1 amide bonds. The highest BCUT2D eigenvalue weighted by molar-refractivity contribution is 6.09. The van der Waals surface area contributed by atoms with Crippen LogP contribution in [-0.4, -0.2) is 32.1 Å². The van der Waals surface area contributed by atoms with Gasteiger partial charge in [-0.3, -0.25) is 9.78 Å². The molecule has 6 nitrogen and oxygen atoms in total. The predicted octanol–water partition coefficient (Wildman–Crippen LogP) is 4.69. The van der Waals surface area contributed by atoms with Crippen LogP contribution in [-0.2, 0) is 6.42 Å². The second-order valence-electron chi connectivity index (χ2n) is 7.85. The molecule has 2 N–H and O–H groups in total. The molecule has 1 atom stereocenters. The molecule has 0 radical (unpaired) electrons. The second kappa shape index (κ2) is 7.40.